The monoisotopic (exact) mass is 239 g/mol. The lowest BCUT2D eigenvalue weighted by molar-refractivity contribution is -0.134. The second-order valence-electron chi connectivity index (χ2n) is 5.94. The van der Waals surface area contributed by atoms with Crippen molar-refractivity contribution in [2.24, 2.45) is 10.4 Å². The molecule has 0 saturated heterocycles. The third-order valence-electron chi connectivity index (χ3n) is 3.82. The highest BCUT2D eigenvalue weighted by atomic mass is 16.5. The number of nitrogens with zero attached hydrogens (tertiary/aromatic N) is 1. The van der Waals surface area contributed by atoms with Crippen LogP contribution < -0.4 is 10.6 Å². The number of hydrogen-bond donors (Lipinski definition) is 2. The first-order valence-electron chi connectivity index (χ1n) is 6.70. The molecule has 0 aromatic heterocycles. The standard InChI is InChI=1S/C13H25N3O/c1-9(2)17-11-8-10(13(11,3)4)16-12-14-6-5-7-15-12/h9-11H,5-8H2,1-4H3,(H2,14,15,16). The molecular formula is C13H25N3O. The van der Waals surface area contributed by atoms with E-state index in [1.165, 1.54) is 0 Å². The van der Waals surface area contributed by atoms with Crippen LogP contribution in [0.25, 0.3) is 0 Å². The van der Waals surface area contributed by atoms with Crippen molar-refractivity contribution < 1.29 is 4.74 Å². The third-order valence-corrected chi connectivity index (χ3v) is 3.82. The van der Waals surface area contributed by atoms with Gasteiger partial charge in [0.1, 0.15) is 0 Å². The minimum atomic E-state index is 0.186. The number of ether oxygens (including phenoxy) is 1. The van der Waals surface area contributed by atoms with E-state index in [0.717, 1.165) is 31.9 Å². The molecule has 0 amide bonds. The molecule has 98 valence electrons. The topological polar surface area (TPSA) is 45.6 Å². The summed E-state index contributed by atoms with van der Waals surface area (Å²) in [5, 5.41) is 6.82. The first kappa shape index (κ1) is 12.7. The van der Waals surface area contributed by atoms with Crippen LogP contribution in [0.4, 0.5) is 0 Å². The Morgan fingerprint density at radius 1 is 1.47 bits per heavy atom. The molecule has 0 radical (unpaired) electrons. The lowest BCUT2D eigenvalue weighted by Crippen LogP contribution is -2.64. The van der Waals surface area contributed by atoms with Crippen molar-refractivity contribution in [1.29, 1.82) is 0 Å². The van der Waals surface area contributed by atoms with Gasteiger partial charge in [0, 0.05) is 24.5 Å². The molecule has 2 aliphatic rings. The summed E-state index contributed by atoms with van der Waals surface area (Å²) in [5.74, 6) is 0.970. The van der Waals surface area contributed by atoms with Crippen LogP contribution in [0.15, 0.2) is 4.99 Å². The molecule has 1 heterocycles. The van der Waals surface area contributed by atoms with Crippen molar-refractivity contribution in [3.63, 3.8) is 0 Å². The molecule has 1 fully saturated rings. The highest BCUT2D eigenvalue weighted by Crippen LogP contribution is 2.43. The molecule has 2 rings (SSSR count). The zero-order chi connectivity index (χ0) is 12.5. The molecule has 0 bridgehead atoms. The summed E-state index contributed by atoms with van der Waals surface area (Å²) in [6, 6.07) is 0.468. The van der Waals surface area contributed by atoms with Crippen molar-refractivity contribution in [3.8, 4) is 0 Å². The fourth-order valence-corrected chi connectivity index (χ4v) is 2.48. The van der Waals surface area contributed by atoms with Gasteiger partial charge in [-0.05, 0) is 26.7 Å². The van der Waals surface area contributed by atoms with E-state index < -0.39 is 0 Å². The number of aliphatic imine (C=N–C) groups is 1. The average molecular weight is 239 g/mol. The van der Waals surface area contributed by atoms with E-state index in [4.69, 9.17) is 4.74 Å². The Morgan fingerprint density at radius 2 is 2.24 bits per heavy atom. The van der Waals surface area contributed by atoms with Gasteiger partial charge in [0.25, 0.3) is 0 Å². The lowest BCUT2D eigenvalue weighted by atomic mass is 9.64. The fourth-order valence-electron chi connectivity index (χ4n) is 2.48. The van der Waals surface area contributed by atoms with Crippen LogP contribution in [-0.4, -0.2) is 37.3 Å². The fraction of sp³-hybridized carbons (Fsp3) is 0.923. The van der Waals surface area contributed by atoms with Gasteiger partial charge in [-0.25, -0.2) is 0 Å². The third kappa shape index (κ3) is 2.73. The van der Waals surface area contributed by atoms with Crippen molar-refractivity contribution >= 4 is 5.96 Å². The molecule has 2 unspecified atom stereocenters. The molecule has 0 aromatic carbocycles. The molecule has 1 aliphatic carbocycles. The predicted molar refractivity (Wildman–Crippen MR) is 70.3 cm³/mol. The van der Waals surface area contributed by atoms with Crippen LogP contribution in [0.3, 0.4) is 0 Å². The van der Waals surface area contributed by atoms with E-state index in [9.17, 15) is 0 Å². The molecule has 4 nitrogen and oxygen atoms in total. The summed E-state index contributed by atoms with van der Waals surface area (Å²) in [5.41, 5.74) is 0.186. The minimum absolute atomic E-state index is 0.186. The zero-order valence-electron chi connectivity index (χ0n) is 11.4. The van der Waals surface area contributed by atoms with Crippen LogP contribution in [0.2, 0.25) is 0 Å². The molecular weight excluding hydrogens is 214 g/mol. The van der Waals surface area contributed by atoms with E-state index in [1.54, 1.807) is 0 Å². The Kier molecular flexibility index (Phi) is 3.61. The van der Waals surface area contributed by atoms with Gasteiger partial charge in [-0.2, -0.15) is 0 Å². The first-order valence-corrected chi connectivity index (χ1v) is 6.70. The second-order valence-corrected chi connectivity index (χ2v) is 5.94. The average Bonchev–Trinajstić information content (AvgIpc) is 2.28. The van der Waals surface area contributed by atoms with E-state index >= 15 is 0 Å². The predicted octanol–water partition coefficient (Wildman–Crippen LogP) is 1.52. The minimum Gasteiger partial charge on any atom is -0.375 e. The maximum absolute atomic E-state index is 5.92. The van der Waals surface area contributed by atoms with E-state index in [-0.39, 0.29) is 5.41 Å². The molecule has 1 saturated carbocycles. The van der Waals surface area contributed by atoms with Gasteiger partial charge in [0.15, 0.2) is 5.96 Å². The van der Waals surface area contributed by atoms with Crippen molar-refractivity contribution in [3.05, 3.63) is 0 Å². The van der Waals surface area contributed by atoms with Gasteiger partial charge in [0.2, 0.25) is 0 Å². The second kappa shape index (κ2) is 4.84. The molecule has 0 spiro atoms. The molecule has 17 heavy (non-hydrogen) atoms. The van der Waals surface area contributed by atoms with E-state index in [1.807, 2.05) is 0 Å². The van der Waals surface area contributed by atoms with Gasteiger partial charge in [-0.3, -0.25) is 4.99 Å². The Bertz CT molecular complexity index is 299. The van der Waals surface area contributed by atoms with Crippen LogP contribution >= 0.6 is 0 Å². The van der Waals surface area contributed by atoms with Crippen LogP contribution in [0.5, 0.6) is 0 Å². The SMILES string of the molecule is CC(C)OC1CC(NC2=NCCCN2)C1(C)C. The Hall–Kier alpha value is -0.770. The molecule has 1 aliphatic heterocycles. The Balaban J connectivity index is 1.86. The smallest absolute Gasteiger partial charge is 0.191 e. The maximum atomic E-state index is 5.92. The van der Waals surface area contributed by atoms with Gasteiger partial charge in [-0.1, -0.05) is 13.8 Å². The first-order chi connectivity index (χ1) is 8.00. The highest BCUT2D eigenvalue weighted by Gasteiger charge is 2.49. The highest BCUT2D eigenvalue weighted by molar-refractivity contribution is 5.80. The summed E-state index contributed by atoms with van der Waals surface area (Å²) >= 11 is 0. The number of hydrogen-bond acceptors (Lipinski definition) is 4. The van der Waals surface area contributed by atoms with Crippen LogP contribution in [0, 0.1) is 5.41 Å². The Labute approximate surface area is 104 Å². The van der Waals surface area contributed by atoms with Crippen LogP contribution in [-0.2, 0) is 4.74 Å². The molecule has 2 N–H and O–H groups in total. The van der Waals surface area contributed by atoms with Crippen molar-refractivity contribution in [2.75, 3.05) is 13.1 Å². The summed E-state index contributed by atoms with van der Waals surface area (Å²) in [4.78, 5) is 4.46. The van der Waals surface area contributed by atoms with E-state index in [0.29, 0.717) is 18.2 Å². The molecule has 0 aromatic rings. The molecule has 4 heteroatoms. The summed E-state index contributed by atoms with van der Waals surface area (Å²) < 4.78 is 5.92. The van der Waals surface area contributed by atoms with E-state index in [2.05, 4.69) is 43.3 Å². The summed E-state index contributed by atoms with van der Waals surface area (Å²) in [6.07, 6.45) is 2.89. The van der Waals surface area contributed by atoms with Crippen molar-refractivity contribution in [2.45, 2.75) is 58.8 Å². The molecule has 2 atom stereocenters. The maximum Gasteiger partial charge on any atom is 0.191 e. The quantitative estimate of drug-likeness (QED) is 0.785. The number of nitrogens with one attached hydrogen (secondary N) is 2. The number of guanidine groups is 1. The van der Waals surface area contributed by atoms with Gasteiger partial charge in [0.05, 0.1) is 12.2 Å². The van der Waals surface area contributed by atoms with Crippen LogP contribution in [0.1, 0.15) is 40.5 Å². The summed E-state index contributed by atoms with van der Waals surface area (Å²) in [7, 11) is 0. The summed E-state index contributed by atoms with van der Waals surface area (Å²) in [6.45, 7) is 10.7. The largest absolute Gasteiger partial charge is 0.375 e. The van der Waals surface area contributed by atoms with Gasteiger partial charge in [-0.15, -0.1) is 0 Å². The number of rotatable bonds is 3. The zero-order valence-corrected chi connectivity index (χ0v) is 11.4. The van der Waals surface area contributed by atoms with Gasteiger partial charge >= 0.3 is 0 Å². The lowest BCUT2D eigenvalue weighted by Gasteiger charge is -2.52. The van der Waals surface area contributed by atoms with Gasteiger partial charge < -0.3 is 15.4 Å². The normalized spacial score (nSPS) is 31.5. The Morgan fingerprint density at radius 3 is 2.76 bits per heavy atom. The van der Waals surface area contributed by atoms with Crippen molar-refractivity contribution in [1.82, 2.24) is 10.6 Å².